The molecule has 0 aliphatic carbocycles. The van der Waals surface area contributed by atoms with Crippen LogP contribution in [0.25, 0.3) is 10.9 Å². The van der Waals surface area contributed by atoms with Gasteiger partial charge in [-0.1, -0.05) is 18.2 Å². The Hall–Kier alpha value is -3.68. The van der Waals surface area contributed by atoms with Gasteiger partial charge in [-0.15, -0.1) is 0 Å². The first-order valence-corrected chi connectivity index (χ1v) is 10.4. The van der Waals surface area contributed by atoms with Crippen molar-refractivity contribution in [2.24, 2.45) is 0 Å². The van der Waals surface area contributed by atoms with Gasteiger partial charge in [0.05, 0.1) is 22.8 Å². The molecule has 1 saturated heterocycles. The number of pyridine rings is 1. The zero-order valence-electron chi connectivity index (χ0n) is 17.1. The SMILES string of the molecule is O=C(NCCCOc1cccc2cccnc12)c1cc([N+](=O)[O-])ccc1N1CCCC1. The molecule has 4 rings (SSSR count). The molecule has 1 N–H and O–H groups in total. The van der Waals surface area contributed by atoms with Crippen molar-refractivity contribution in [2.45, 2.75) is 19.3 Å². The standard InChI is InChI=1S/C23H24N4O4/c28-23(19-16-18(27(29)30)9-10-20(19)26-13-1-2-14-26)25-12-5-15-31-21-8-3-6-17-7-4-11-24-22(17)21/h3-4,6-11,16H,1-2,5,12-15H2,(H,25,28). The summed E-state index contributed by atoms with van der Waals surface area (Å²) >= 11 is 0. The number of amides is 1. The Labute approximate surface area is 180 Å². The molecule has 0 unspecified atom stereocenters. The topological polar surface area (TPSA) is 97.6 Å². The maximum atomic E-state index is 12.8. The number of non-ortho nitro benzene ring substituents is 1. The van der Waals surface area contributed by atoms with Crippen LogP contribution in [0.3, 0.4) is 0 Å². The van der Waals surface area contributed by atoms with Crippen molar-refractivity contribution in [3.05, 3.63) is 70.4 Å². The molecular weight excluding hydrogens is 396 g/mol. The van der Waals surface area contributed by atoms with Crippen LogP contribution in [-0.4, -0.2) is 42.1 Å². The minimum atomic E-state index is -0.476. The van der Waals surface area contributed by atoms with Crippen molar-refractivity contribution < 1.29 is 14.5 Å². The second-order valence-electron chi connectivity index (χ2n) is 7.44. The molecule has 0 spiro atoms. The lowest BCUT2D eigenvalue weighted by atomic mass is 10.1. The number of nitrogens with one attached hydrogen (secondary N) is 1. The minimum Gasteiger partial charge on any atom is -0.491 e. The number of anilines is 1. The molecule has 160 valence electrons. The quantitative estimate of drug-likeness (QED) is 0.337. The molecule has 8 heteroatoms. The van der Waals surface area contributed by atoms with Gasteiger partial charge in [0.1, 0.15) is 11.3 Å². The fourth-order valence-corrected chi connectivity index (χ4v) is 3.80. The molecule has 1 aromatic heterocycles. The van der Waals surface area contributed by atoms with E-state index in [1.165, 1.54) is 12.1 Å². The Kier molecular flexibility index (Phi) is 6.26. The van der Waals surface area contributed by atoms with E-state index in [2.05, 4.69) is 15.2 Å². The number of nitro groups is 1. The predicted molar refractivity (Wildman–Crippen MR) is 119 cm³/mol. The summed E-state index contributed by atoms with van der Waals surface area (Å²) in [5.74, 6) is 0.400. The Morgan fingerprint density at radius 1 is 1.16 bits per heavy atom. The van der Waals surface area contributed by atoms with E-state index in [0.29, 0.717) is 30.9 Å². The molecule has 1 aliphatic heterocycles. The van der Waals surface area contributed by atoms with Gasteiger partial charge in [-0.2, -0.15) is 0 Å². The van der Waals surface area contributed by atoms with Crippen LogP contribution >= 0.6 is 0 Å². The van der Waals surface area contributed by atoms with E-state index in [1.807, 2.05) is 30.3 Å². The summed E-state index contributed by atoms with van der Waals surface area (Å²) in [6.07, 6.45) is 4.44. The molecule has 0 radical (unpaired) electrons. The first-order valence-electron chi connectivity index (χ1n) is 10.4. The van der Waals surface area contributed by atoms with E-state index < -0.39 is 4.92 Å². The van der Waals surface area contributed by atoms with Crippen molar-refractivity contribution in [3.8, 4) is 5.75 Å². The van der Waals surface area contributed by atoms with Gasteiger partial charge in [-0.05, 0) is 37.5 Å². The summed E-state index contributed by atoms with van der Waals surface area (Å²) in [5.41, 5.74) is 1.81. The second kappa shape index (κ2) is 9.42. The van der Waals surface area contributed by atoms with E-state index in [9.17, 15) is 14.9 Å². The zero-order chi connectivity index (χ0) is 21.6. The molecule has 3 aromatic rings. The molecule has 8 nitrogen and oxygen atoms in total. The molecule has 0 atom stereocenters. The lowest BCUT2D eigenvalue weighted by Crippen LogP contribution is -2.29. The number of nitro benzene ring substituents is 1. The number of carbonyl (C=O) groups is 1. The maximum Gasteiger partial charge on any atom is 0.270 e. The summed E-state index contributed by atoms with van der Waals surface area (Å²) in [5, 5.41) is 15.1. The number of aromatic nitrogens is 1. The molecule has 1 amide bonds. The maximum absolute atomic E-state index is 12.8. The minimum absolute atomic E-state index is 0.0834. The molecule has 0 saturated carbocycles. The van der Waals surface area contributed by atoms with Gasteiger partial charge in [0.15, 0.2) is 0 Å². The van der Waals surface area contributed by atoms with Gasteiger partial charge < -0.3 is 15.0 Å². The van der Waals surface area contributed by atoms with Crippen molar-refractivity contribution in [3.63, 3.8) is 0 Å². The fourth-order valence-electron chi connectivity index (χ4n) is 3.80. The highest BCUT2D eigenvalue weighted by Crippen LogP contribution is 2.28. The average molecular weight is 420 g/mol. The Balaban J connectivity index is 1.36. The van der Waals surface area contributed by atoms with Gasteiger partial charge in [0.25, 0.3) is 11.6 Å². The number of rotatable bonds is 8. The van der Waals surface area contributed by atoms with E-state index >= 15 is 0 Å². The van der Waals surface area contributed by atoms with Crippen LogP contribution in [-0.2, 0) is 0 Å². The number of carbonyl (C=O) groups excluding carboxylic acids is 1. The summed E-state index contributed by atoms with van der Waals surface area (Å²) in [4.78, 5) is 30.0. The van der Waals surface area contributed by atoms with Gasteiger partial charge in [-0.3, -0.25) is 19.9 Å². The van der Waals surface area contributed by atoms with Crippen molar-refractivity contribution in [1.29, 1.82) is 0 Å². The normalized spacial score (nSPS) is 13.4. The van der Waals surface area contributed by atoms with Crippen LogP contribution in [0.5, 0.6) is 5.75 Å². The number of ether oxygens (including phenoxy) is 1. The third kappa shape index (κ3) is 4.74. The first-order chi connectivity index (χ1) is 15.1. The van der Waals surface area contributed by atoms with Crippen LogP contribution in [0.15, 0.2) is 54.7 Å². The smallest absolute Gasteiger partial charge is 0.270 e. The van der Waals surface area contributed by atoms with E-state index in [1.54, 1.807) is 12.3 Å². The first kappa shape index (κ1) is 20.6. The van der Waals surface area contributed by atoms with E-state index in [-0.39, 0.29) is 11.6 Å². The number of nitrogens with zero attached hydrogens (tertiary/aromatic N) is 3. The van der Waals surface area contributed by atoms with Crippen LogP contribution in [0.4, 0.5) is 11.4 Å². The predicted octanol–water partition coefficient (Wildman–Crippen LogP) is 3.94. The fraction of sp³-hybridized carbons (Fsp3) is 0.304. The highest BCUT2D eigenvalue weighted by molar-refractivity contribution is 6.00. The number of hydrogen-bond donors (Lipinski definition) is 1. The van der Waals surface area contributed by atoms with Crippen LogP contribution < -0.4 is 15.0 Å². The number of hydrogen-bond acceptors (Lipinski definition) is 6. The Morgan fingerprint density at radius 2 is 1.97 bits per heavy atom. The largest absolute Gasteiger partial charge is 0.491 e. The summed E-state index contributed by atoms with van der Waals surface area (Å²) < 4.78 is 5.85. The zero-order valence-corrected chi connectivity index (χ0v) is 17.1. The summed E-state index contributed by atoms with van der Waals surface area (Å²) in [7, 11) is 0. The van der Waals surface area contributed by atoms with Crippen LogP contribution in [0.2, 0.25) is 0 Å². The number of para-hydroxylation sites is 1. The molecule has 0 bridgehead atoms. The van der Waals surface area contributed by atoms with E-state index in [0.717, 1.165) is 42.5 Å². The number of fused-ring (bicyclic) bond motifs is 1. The average Bonchev–Trinajstić information content (AvgIpc) is 3.33. The molecule has 2 aromatic carbocycles. The third-order valence-corrected chi connectivity index (χ3v) is 5.34. The molecular formula is C23H24N4O4. The molecule has 31 heavy (non-hydrogen) atoms. The second-order valence-corrected chi connectivity index (χ2v) is 7.44. The molecule has 1 aliphatic rings. The highest BCUT2D eigenvalue weighted by atomic mass is 16.6. The third-order valence-electron chi connectivity index (χ3n) is 5.34. The molecule has 1 fully saturated rings. The van der Waals surface area contributed by atoms with Crippen molar-refractivity contribution in [2.75, 3.05) is 31.1 Å². The van der Waals surface area contributed by atoms with Gasteiger partial charge >= 0.3 is 0 Å². The van der Waals surface area contributed by atoms with Crippen molar-refractivity contribution in [1.82, 2.24) is 10.3 Å². The Bertz CT molecular complexity index is 1090. The highest BCUT2D eigenvalue weighted by Gasteiger charge is 2.22. The monoisotopic (exact) mass is 420 g/mol. The van der Waals surface area contributed by atoms with Crippen LogP contribution in [0.1, 0.15) is 29.6 Å². The lowest BCUT2D eigenvalue weighted by molar-refractivity contribution is -0.384. The van der Waals surface area contributed by atoms with Gasteiger partial charge in [0.2, 0.25) is 0 Å². The van der Waals surface area contributed by atoms with E-state index in [4.69, 9.17) is 4.74 Å². The Morgan fingerprint density at radius 3 is 2.77 bits per heavy atom. The number of benzene rings is 2. The summed E-state index contributed by atoms with van der Waals surface area (Å²) in [6.45, 7) is 2.53. The molecule has 2 heterocycles. The van der Waals surface area contributed by atoms with Crippen LogP contribution in [0, 0.1) is 10.1 Å². The van der Waals surface area contributed by atoms with Crippen molar-refractivity contribution >= 4 is 28.2 Å². The lowest BCUT2D eigenvalue weighted by Gasteiger charge is -2.20. The van der Waals surface area contributed by atoms with Gasteiger partial charge in [-0.25, -0.2) is 0 Å². The summed E-state index contributed by atoms with van der Waals surface area (Å²) in [6, 6.07) is 14.1. The van der Waals surface area contributed by atoms with Gasteiger partial charge in [0, 0.05) is 43.4 Å².